The van der Waals surface area contributed by atoms with Gasteiger partial charge in [-0.05, 0) is 26.0 Å². The van der Waals surface area contributed by atoms with Gasteiger partial charge in [0.1, 0.15) is 24.5 Å². The molecule has 0 saturated carbocycles. The highest BCUT2D eigenvalue weighted by atomic mass is 16.5. The van der Waals surface area contributed by atoms with Crippen molar-refractivity contribution in [3.63, 3.8) is 0 Å². The predicted molar refractivity (Wildman–Crippen MR) is 80.7 cm³/mol. The molecule has 0 atom stereocenters. The van der Waals surface area contributed by atoms with Crippen LogP contribution >= 0.6 is 0 Å². The van der Waals surface area contributed by atoms with Crippen molar-refractivity contribution in [1.29, 1.82) is 0 Å². The maximum atomic E-state index is 5.68. The maximum absolute atomic E-state index is 5.68. The fraction of sp³-hybridized carbons (Fsp3) is 0.267. The van der Waals surface area contributed by atoms with Crippen molar-refractivity contribution in [3.05, 3.63) is 47.9 Å². The fourth-order valence-electron chi connectivity index (χ4n) is 2.04. The monoisotopic (exact) mass is 283 g/mol. The summed E-state index contributed by atoms with van der Waals surface area (Å²) in [4.78, 5) is 8.39. The van der Waals surface area contributed by atoms with Crippen molar-refractivity contribution in [3.8, 4) is 5.75 Å². The lowest BCUT2D eigenvalue weighted by atomic mass is 10.2. The minimum Gasteiger partial charge on any atom is -0.492 e. The number of aromatic nitrogens is 4. The molecule has 0 aliphatic carbocycles. The van der Waals surface area contributed by atoms with Gasteiger partial charge >= 0.3 is 0 Å². The quantitative estimate of drug-likeness (QED) is 0.727. The molecule has 3 aromatic rings. The summed E-state index contributed by atoms with van der Waals surface area (Å²) >= 11 is 0. The molecule has 0 aliphatic heterocycles. The molecule has 0 fully saturated rings. The van der Waals surface area contributed by atoms with Crippen LogP contribution in [0.15, 0.2) is 36.7 Å². The molecule has 0 bridgehead atoms. The summed E-state index contributed by atoms with van der Waals surface area (Å²) in [6.45, 7) is 5.23. The maximum Gasteiger partial charge on any atom is 0.254 e. The molecule has 2 aromatic heterocycles. The summed E-state index contributed by atoms with van der Waals surface area (Å²) in [7, 11) is 0. The molecule has 0 spiro atoms. The molecule has 6 heteroatoms. The van der Waals surface area contributed by atoms with E-state index in [1.165, 1.54) is 11.9 Å². The minimum absolute atomic E-state index is 0.570. The Labute approximate surface area is 122 Å². The Morgan fingerprint density at radius 3 is 2.81 bits per heavy atom. The zero-order valence-corrected chi connectivity index (χ0v) is 12.1. The third kappa shape index (κ3) is 3.10. The number of rotatable bonds is 5. The molecular weight excluding hydrogens is 266 g/mol. The lowest BCUT2D eigenvalue weighted by Crippen LogP contribution is -2.14. The minimum atomic E-state index is 0.570. The molecule has 0 radical (unpaired) electrons. The average Bonchev–Trinajstić information content (AvgIpc) is 2.93. The van der Waals surface area contributed by atoms with E-state index in [1.54, 1.807) is 4.52 Å². The van der Waals surface area contributed by atoms with E-state index in [9.17, 15) is 0 Å². The molecule has 108 valence electrons. The first-order valence-corrected chi connectivity index (χ1v) is 6.83. The Balaban J connectivity index is 1.59. The van der Waals surface area contributed by atoms with E-state index in [0.29, 0.717) is 18.9 Å². The molecule has 0 saturated heterocycles. The van der Waals surface area contributed by atoms with Crippen LogP contribution in [-0.4, -0.2) is 32.7 Å². The van der Waals surface area contributed by atoms with Gasteiger partial charge in [0.15, 0.2) is 0 Å². The lowest BCUT2D eigenvalue weighted by Gasteiger charge is -2.10. The van der Waals surface area contributed by atoms with Crippen LogP contribution in [0.4, 0.5) is 5.82 Å². The third-order valence-electron chi connectivity index (χ3n) is 3.08. The van der Waals surface area contributed by atoms with E-state index >= 15 is 0 Å². The molecule has 2 heterocycles. The topological polar surface area (TPSA) is 64.3 Å². The summed E-state index contributed by atoms with van der Waals surface area (Å²) in [5, 5.41) is 7.44. The largest absolute Gasteiger partial charge is 0.492 e. The Bertz CT molecular complexity index is 735. The van der Waals surface area contributed by atoms with Crippen molar-refractivity contribution in [1.82, 2.24) is 19.6 Å². The average molecular weight is 283 g/mol. The van der Waals surface area contributed by atoms with Gasteiger partial charge in [-0.15, -0.1) is 0 Å². The van der Waals surface area contributed by atoms with Crippen molar-refractivity contribution in [2.24, 2.45) is 0 Å². The van der Waals surface area contributed by atoms with Gasteiger partial charge in [-0.1, -0.05) is 17.7 Å². The number of nitrogens with zero attached hydrogens (tertiary/aromatic N) is 4. The van der Waals surface area contributed by atoms with Crippen LogP contribution in [0, 0.1) is 13.8 Å². The molecule has 0 amide bonds. The molecule has 1 N–H and O–H groups in total. The molecular formula is C15H17N5O. The van der Waals surface area contributed by atoms with Gasteiger partial charge in [0.25, 0.3) is 5.78 Å². The van der Waals surface area contributed by atoms with Gasteiger partial charge in [-0.3, -0.25) is 0 Å². The number of anilines is 1. The molecule has 6 nitrogen and oxygen atoms in total. The molecule has 0 aliphatic rings. The SMILES string of the molecule is Cc1ccc(OCCNc2cc(C)nc3ncnn23)cc1. The van der Waals surface area contributed by atoms with E-state index in [-0.39, 0.29) is 0 Å². The second-order valence-corrected chi connectivity index (χ2v) is 4.84. The first-order valence-electron chi connectivity index (χ1n) is 6.83. The molecule has 3 rings (SSSR count). The molecule has 0 unspecified atom stereocenters. The van der Waals surface area contributed by atoms with Crippen LogP contribution < -0.4 is 10.1 Å². The summed E-state index contributed by atoms with van der Waals surface area (Å²) in [5.41, 5.74) is 2.12. The summed E-state index contributed by atoms with van der Waals surface area (Å²) in [5.74, 6) is 2.33. The van der Waals surface area contributed by atoms with Crippen LogP contribution in [0.5, 0.6) is 5.75 Å². The Kier molecular flexibility index (Phi) is 3.68. The predicted octanol–water partition coefficient (Wildman–Crippen LogP) is 2.23. The number of hydrogen-bond donors (Lipinski definition) is 1. The number of hydrogen-bond acceptors (Lipinski definition) is 5. The normalized spacial score (nSPS) is 10.8. The highest BCUT2D eigenvalue weighted by molar-refractivity contribution is 5.44. The van der Waals surface area contributed by atoms with Crippen LogP contribution in [0.2, 0.25) is 0 Å². The van der Waals surface area contributed by atoms with E-state index in [0.717, 1.165) is 17.3 Å². The Morgan fingerprint density at radius 2 is 2.00 bits per heavy atom. The second kappa shape index (κ2) is 5.78. The van der Waals surface area contributed by atoms with Crippen LogP contribution in [0.1, 0.15) is 11.3 Å². The van der Waals surface area contributed by atoms with Gasteiger partial charge in [-0.2, -0.15) is 14.6 Å². The standard InChI is InChI=1S/C15H17N5O/c1-11-3-5-13(6-4-11)21-8-7-16-14-9-12(2)19-15-17-10-18-20(14)15/h3-6,9-10,16H,7-8H2,1-2H3. The smallest absolute Gasteiger partial charge is 0.254 e. The van der Waals surface area contributed by atoms with Crippen LogP contribution in [0.3, 0.4) is 0 Å². The number of ether oxygens (including phenoxy) is 1. The van der Waals surface area contributed by atoms with Crippen molar-refractivity contribution >= 4 is 11.6 Å². The van der Waals surface area contributed by atoms with E-state index in [1.807, 2.05) is 37.3 Å². The summed E-state index contributed by atoms with van der Waals surface area (Å²) < 4.78 is 7.36. The van der Waals surface area contributed by atoms with Gasteiger partial charge in [-0.25, -0.2) is 4.98 Å². The van der Waals surface area contributed by atoms with E-state index in [2.05, 4.69) is 27.3 Å². The zero-order chi connectivity index (χ0) is 14.7. The Hall–Kier alpha value is -2.63. The lowest BCUT2D eigenvalue weighted by molar-refractivity contribution is 0.332. The second-order valence-electron chi connectivity index (χ2n) is 4.84. The first kappa shape index (κ1) is 13.4. The van der Waals surface area contributed by atoms with Crippen molar-refractivity contribution < 1.29 is 4.74 Å². The van der Waals surface area contributed by atoms with E-state index in [4.69, 9.17) is 4.74 Å². The van der Waals surface area contributed by atoms with Gasteiger partial charge in [0, 0.05) is 11.8 Å². The highest BCUT2D eigenvalue weighted by Crippen LogP contribution is 2.12. The van der Waals surface area contributed by atoms with Gasteiger partial charge < -0.3 is 10.1 Å². The number of fused-ring (bicyclic) bond motifs is 1. The van der Waals surface area contributed by atoms with Crippen LogP contribution in [0.25, 0.3) is 5.78 Å². The summed E-state index contributed by atoms with van der Waals surface area (Å²) in [6.07, 6.45) is 1.50. The Morgan fingerprint density at radius 1 is 1.19 bits per heavy atom. The summed E-state index contributed by atoms with van der Waals surface area (Å²) in [6, 6.07) is 9.96. The third-order valence-corrected chi connectivity index (χ3v) is 3.08. The van der Waals surface area contributed by atoms with Crippen molar-refractivity contribution in [2.45, 2.75) is 13.8 Å². The van der Waals surface area contributed by atoms with Gasteiger partial charge in [0.2, 0.25) is 0 Å². The highest BCUT2D eigenvalue weighted by Gasteiger charge is 2.04. The fourth-order valence-corrected chi connectivity index (χ4v) is 2.04. The van der Waals surface area contributed by atoms with Crippen LogP contribution in [-0.2, 0) is 0 Å². The number of aryl methyl sites for hydroxylation is 2. The number of nitrogens with one attached hydrogen (secondary N) is 1. The zero-order valence-electron chi connectivity index (χ0n) is 12.1. The molecule has 21 heavy (non-hydrogen) atoms. The number of benzene rings is 1. The van der Waals surface area contributed by atoms with E-state index < -0.39 is 0 Å². The van der Waals surface area contributed by atoms with Gasteiger partial charge in [0.05, 0.1) is 6.54 Å². The van der Waals surface area contributed by atoms with Crippen molar-refractivity contribution in [2.75, 3.05) is 18.5 Å². The molecule has 1 aromatic carbocycles. The first-order chi connectivity index (χ1) is 10.2.